The van der Waals surface area contributed by atoms with Gasteiger partial charge in [0.2, 0.25) is 0 Å². The number of ketones is 1. The zero-order chi connectivity index (χ0) is 16.3. The van der Waals surface area contributed by atoms with Crippen molar-refractivity contribution in [1.29, 1.82) is 0 Å². The van der Waals surface area contributed by atoms with Crippen molar-refractivity contribution in [2.24, 2.45) is 5.92 Å². The van der Waals surface area contributed by atoms with Gasteiger partial charge in [-0.2, -0.15) is 0 Å². The van der Waals surface area contributed by atoms with E-state index in [1.807, 2.05) is 39.8 Å². The second-order valence-corrected chi connectivity index (χ2v) is 4.72. The maximum absolute atomic E-state index is 11.5. The molecule has 0 heterocycles. The van der Waals surface area contributed by atoms with Crippen molar-refractivity contribution >= 4 is 5.78 Å². The lowest BCUT2D eigenvalue weighted by atomic mass is 10.1. The number of Topliss-reactive ketones (excluding diaryl/α,β-unsaturated/α-hetero) is 1. The van der Waals surface area contributed by atoms with Crippen LogP contribution in [-0.2, 0) is 11.2 Å². The Balaban J connectivity index is 0.00000191. The Morgan fingerprint density at radius 2 is 1.90 bits per heavy atom. The van der Waals surface area contributed by atoms with Crippen molar-refractivity contribution in [3.63, 3.8) is 0 Å². The van der Waals surface area contributed by atoms with Crippen molar-refractivity contribution in [2.75, 3.05) is 20.3 Å². The van der Waals surface area contributed by atoms with E-state index in [1.54, 1.807) is 13.2 Å². The number of aliphatic hydroxyl groups is 1. The molecule has 0 aromatic heterocycles. The first-order chi connectivity index (χ1) is 10.1. The number of benzene rings is 1. The summed E-state index contributed by atoms with van der Waals surface area (Å²) in [6.45, 7) is 7.93. The largest absolute Gasteiger partial charge is 0.493 e. The van der Waals surface area contributed by atoms with Crippen LogP contribution >= 0.6 is 0 Å². The Kier molecular flexibility index (Phi) is 10.3. The maximum atomic E-state index is 11.5. The van der Waals surface area contributed by atoms with Gasteiger partial charge in [-0.3, -0.25) is 4.79 Å². The number of carbonyl (C=O) groups is 1. The van der Waals surface area contributed by atoms with Crippen LogP contribution in [0.3, 0.4) is 0 Å². The molecule has 21 heavy (non-hydrogen) atoms. The fraction of sp³-hybridized carbons (Fsp3) is 0.588. The van der Waals surface area contributed by atoms with E-state index in [2.05, 4.69) is 0 Å². The van der Waals surface area contributed by atoms with Crippen LogP contribution in [0.4, 0.5) is 0 Å². The Labute approximate surface area is 128 Å². The first-order valence-electron chi connectivity index (χ1n) is 7.51. The fourth-order valence-electron chi connectivity index (χ4n) is 1.59. The van der Waals surface area contributed by atoms with E-state index in [-0.39, 0.29) is 24.9 Å². The smallest absolute Gasteiger partial charge is 0.172 e. The summed E-state index contributed by atoms with van der Waals surface area (Å²) in [6, 6.07) is 5.61. The highest BCUT2D eigenvalue weighted by atomic mass is 16.5. The molecular formula is C17H28O4. The molecule has 0 atom stereocenters. The number of aryl methyl sites for hydroxylation is 1. The van der Waals surface area contributed by atoms with Crippen LogP contribution < -0.4 is 9.47 Å². The number of ether oxygens (including phenoxy) is 2. The number of hydrogen-bond acceptors (Lipinski definition) is 4. The molecule has 0 saturated carbocycles. The average molecular weight is 296 g/mol. The molecule has 4 heteroatoms. The standard InChI is InChI=1S/C15H22O4.C2H6/c1-11(2)13(17)10-19-14-7-6-12(5-4-8-16)9-15(14)18-3;1-2/h6-7,9,11,16H,4-5,8,10H2,1-3H3;1-2H3. The van der Waals surface area contributed by atoms with Crippen molar-refractivity contribution in [2.45, 2.75) is 40.5 Å². The minimum absolute atomic E-state index is 0.0326. The van der Waals surface area contributed by atoms with Crippen LogP contribution in [-0.4, -0.2) is 31.2 Å². The van der Waals surface area contributed by atoms with Crippen LogP contribution in [0.1, 0.15) is 39.7 Å². The van der Waals surface area contributed by atoms with Crippen LogP contribution in [0.25, 0.3) is 0 Å². The van der Waals surface area contributed by atoms with Gasteiger partial charge in [0.1, 0.15) is 6.61 Å². The number of methoxy groups -OCH3 is 1. The van der Waals surface area contributed by atoms with E-state index in [0.717, 1.165) is 18.4 Å². The Hall–Kier alpha value is -1.55. The van der Waals surface area contributed by atoms with Gasteiger partial charge in [-0.05, 0) is 30.5 Å². The summed E-state index contributed by atoms with van der Waals surface area (Å²) < 4.78 is 10.7. The van der Waals surface area contributed by atoms with Crippen LogP contribution in [0.15, 0.2) is 18.2 Å². The highest BCUT2D eigenvalue weighted by Gasteiger charge is 2.11. The molecule has 1 aromatic rings. The highest BCUT2D eigenvalue weighted by Crippen LogP contribution is 2.28. The number of hydrogen-bond donors (Lipinski definition) is 1. The normalized spacial score (nSPS) is 9.86. The second-order valence-electron chi connectivity index (χ2n) is 4.72. The topological polar surface area (TPSA) is 55.8 Å². The Morgan fingerprint density at radius 1 is 1.24 bits per heavy atom. The lowest BCUT2D eigenvalue weighted by Crippen LogP contribution is -2.17. The molecule has 4 nitrogen and oxygen atoms in total. The van der Waals surface area contributed by atoms with Gasteiger partial charge in [-0.1, -0.05) is 33.8 Å². The Morgan fingerprint density at radius 3 is 2.43 bits per heavy atom. The SMILES string of the molecule is CC.COc1cc(CCCO)ccc1OCC(=O)C(C)C. The summed E-state index contributed by atoms with van der Waals surface area (Å²) in [5, 5.41) is 8.81. The Bertz CT molecular complexity index is 413. The van der Waals surface area contributed by atoms with E-state index in [1.165, 1.54) is 0 Å². The quantitative estimate of drug-likeness (QED) is 0.800. The minimum Gasteiger partial charge on any atom is -0.493 e. The summed E-state index contributed by atoms with van der Waals surface area (Å²) in [5.41, 5.74) is 1.08. The van der Waals surface area contributed by atoms with Gasteiger partial charge in [-0.25, -0.2) is 0 Å². The van der Waals surface area contributed by atoms with E-state index >= 15 is 0 Å². The molecule has 0 radical (unpaired) electrons. The molecule has 0 bridgehead atoms. The number of carbonyl (C=O) groups excluding carboxylic acids is 1. The van der Waals surface area contributed by atoms with E-state index in [0.29, 0.717) is 11.5 Å². The lowest BCUT2D eigenvalue weighted by Gasteiger charge is -2.12. The third-order valence-corrected chi connectivity index (χ3v) is 2.87. The summed E-state index contributed by atoms with van der Waals surface area (Å²) >= 11 is 0. The molecule has 0 saturated heterocycles. The third kappa shape index (κ3) is 7.14. The summed E-state index contributed by atoms with van der Waals surface area (Å²) in [4.78, 5) is 11.5. The first kappa shape index (κ1) is 19.4. The molecule has 1 N–H and O–H groups in total. The summed E-state index contributed by atoms with van der Waals surface area (Å²) in [6.07, 6.45) is 1.51. The zero-order valence-electron chi connectivity index (χ0n) is 13.8. The predicted octanol–water partition coefficient (Wildman–Crippen LogP) is 3.25. The van der Waals surface area contributed by atoms with Gasteiger partial charge in [-0.15, -0.1) is 0 Å². The highest BCUT2D eigenvalue weighted by molar-refractivity contribution is 5.81. The van der Waals surface area contributed by atoms with Crippen LogP contribution in [0, 0.1) is 5.92 Å². The molecule has 0 fully saturated rings. The van der Waals surface area contributed by atoms with Gasteiger partial charge < -0.3 is 14.6 Å². The third-order valence-electron chi connectivity index (χ3n) is 2.87. The number of aliphatic hydroxyl groups excluding tert-OH is 1. The monoisotopic (exact) mass is 296 g/mol. The fourth-order valence-corrected chi connectivity index (χ4v) is 1.59. The molecule has 1 rings (SSSR count). The second kappa shape index (κ2) is 11.1. The van der Waals surface area contributed by atoms with Gasteiger partial charge in [0.15, 0.2) is 17.3 Å². The first-order valence-corrected chi connectivity index (χ1v) is 7.51. The molecule has 0 amide bonds. The molecule has 0 unspecified atom stereocenters. The van der Waals surface area contributed by atoms with Crippen molar-refractivity contribution < 1.29 is 19.4 Å². The minimum atomic E-state index is -0.0326. The molecule has 0 aliphatic heterocycles. The van der Waals surface area contributed by atoms with Crippen LogP contribution in [0.5, 0.6) is 11.5 Å². The molecule has 120 valence electrons. The van der Waals surface area contributed by atoms with Crippen molar-refractivity contribution in [3.05, 3.63) is 23.8 Å². The predicted molar refractivity (Wildman–Crippen MR) is 85.1 cm³/mol. The number of rotatable bonds is 8. The maximum Gasteiger partial charge on any atom is 0.172 e. The molecule has 1 aromatic carbocycles. The van der Waals surface area contributed by atoms with Crippen LogP contribution in [0.2, 0.25) is 0 Å². The lowest BCUT2D eigenvalue weighted by molar-refractivity contribution is -0.123. The molecule has 0 aliphatic rings. The molecular weight excluding hydrogens is 268 g/mol. The van der Waals surface area contributed by atoms with Gasteiger partial charge in [0, 0.05) is 12.5 Å². The van der Waals surface area contributed by atoms with Gasteiger partial charge >= 0.3 is 0 Å². The van der Waals surface area contributed by atoms with E-state index in [4.69, 9.17) is 14.6 Å². The van der Waals surface area contributed by atoms with Gasteiger partial charge in [0.25, 0.3) is 0 Å². The van der Waals surface area contributed by atoms with Crippen molar-refractivity contribution in [1.82, 2.24) is 0 Å². The van der Waals surface area contributed by atoms with Gasteiger partial charge in [0.05, 0.1) is 7.11 Å². The average Bonchev–Trinajstić information content (AvgIpc) is 2.52. The molecule has 0 spiro atoms. The summed E-state index contributed by atoms with van der Waals surface area (Å²) in [7, 11) is 1.57. The van der Waals surface area contributed by atoms with E-state index < -0.39 is 0 Å². The molecule has 0 aliphatic carbocycles. The van der Waals surface area contributed by atoms with E-state index in [9.17, 15) is 4.79 Å². The zero-order valence-corrected chi connectivity index (χ0v) is 13.8. The van der Waals surface area contributed by atoms with Crippen molar-refractivity contribution in [3.8, 4) is 11.5 Å². The summed E-state index contributed by atoms with van der Waals surface area (Å²) in [5.74, 6) is 1.22.